The average Bonchev–Trinajstić information content (AvgIpc) is 2.63. The van der Waals surface area contributed by atoms with Gasteiger partial charge >= 0.3 is 0 Å². The summed E-state index contributed by atoms with van der Waals surface area (Å²) in [5.74, 6) is 0. The van der Waals surface area contributed by atoms with Crippen LogP contribution in [-0.4, -0.2) is 30.7 Å². The Labute approximate surface area is 88.9 Å². The maximum Gasteiger partial charge on any atom is 0.134 e. The number of benzene rings is 1. The Morgan fingerprint density at radius 2 is 2.07 bits per heavy atom. The van der Waals surface area contributed by atoms with Crippen LogP contribution >= 0.6 is 0 Å². The van der Waals surface area contributed by atoms with Crippen LogP contribution in [0.5, 0.6) is 0 Å². The second kappa shape index (κ2) is 4.04. The molecule has 3 nitrogen and oxygen atoms in total. The van der Waals surface area contributed by atoms with Gasteiger partial charge in [-0.1, -0.05) is 18.2 Å². The number of aliphatic hydroxyl groups excluding tert-OH is 1. The van der Waals surface area contributed by atoms with E-state index in [-0.39, 0.29) is 12.6 Å². The molecule has 0 aliphatic rings. The van der Waals surface area contributed by atoms with E-state index >= 15 is 0 Å². The third-order valence-corrected chi connectivity index (χ3v) is 2.67. The smallest absolute Gasteiger partial charge is 0.134 e. The standard InChI is InChI=1S/C12H15NO2/c1-13(2)11(7-14)10-8-15-12-6-4-3-5-9(10)12/h3-6,8,11,14H,7H2,1-2H3. The highest BCUT2D eigenvalue weighted by Gasteiger charge is 2.17. The van der Waals surface area contributed by atoms with Gasteiger partial charge in [-0.15, -0.1) is 0 Å². The third kappa shape index (κ3) is 1.76. The number of nitrogens with zero attached hydrogens (tertiary/aromatic N) is 1. The Kier molecular flexibility index (Phi) is 2.75. The predicted octanol–water partition coefficient (Wildman–Crippen LogP) is 2.03. The van der Waals surface area contributed by atoms with Crippen molar-refractivity contribution in [3.8, 4) is 0 Å². The molecule has 0 fully saturated rings. The summed E-state index contributed by atoms with van der Waals surface area (Å²) in [6, 6.07) is 7.86. The molecule has 0 saturated heterocycles. The molecule has 0 bridgehead atoms. The molecule has 0 amide bonds. The number of hydrogen-bond acceptors (Lipinski definition) is 3. The first-order valence-electron chi connectivity index (χ1n) is 4.97. The molecule has 2 aromatic rings. The van der Waals surface area contributed by atoms with E-state index in [1.807, 2.05) is 43.3 Å². The minimum Gasteiger partial charge on any atom is -0.464 e. The summed E-state index contributed by atoms with van der Waals surface area (Å²) < 4.78 is 5.44. The number of hydrogen-bond donors (Lipinski definition) is 1. The van der Waals surface area contributed by atoms with E-state index in [1.54, 1.807) is 6.26 Å². The van der Waals surface area contributed by atoms with Crippen LogP contribution in [0.1, 0.15) is 11.6 Å². The summed E-state index contributed by atoms with van der Waals surface area (Å²) in [6.07, 6.45) is 1.73. The van der Waals surface area contributed by atoms with E-state index in [0.29, 0.717) is 0 Å². The normalized spacial score (nSPS) is 13.6. The number of rotatable bonds is 3. The van der Waals surface area contributed by atoms with Crippen molar-refractivity contribution in [2.75, 3.05) is 20.7 Å². The maximum absolute atomic E-state index is 9.34. The van der Waals surface area contributed by atoms with Gasteiger partial charge in [0.05, 0.1) is 18.9 Å². The molecule has 3 heteroatoms. The van der Waals surface area contributed by atoms with Crippen LogP contribution < -0.4 is 0 Å². The van der Waals surface area contributed by atoms with Gasteiger partial charge in [0, 0.05) is 10.9 Å². The molecule has 0 aliphatic carbocycles. The summed E-state index contributed by atoms with van der Waals surface area (Å²) >= 11 is 0. The lowest BCUT2D eigenvalue weighted by Crippen LogP contribution is -2.22. The van der Waals surface area contributed by atoms with Crippen LogP contribution in [-0.2, 0) is 0 Å². The quantitative estimate of drug-likeness (QED) is 0.833. The highest BCUT2D eigenvalue weighted by molar-refractivity contribution is 5.81. The molecular weight excluding hydrogens is 190 g/mol. The van der Waals surface area contributed by atoms with Gasteiger partial charge in [-0.25, -0.2) is 0 Å². The Balaban J connectivity index is 2.51. The van der Waals surface area contributed by atoms with E-state index in [0.717, 1.165) is 16.5 Å². The zero-order valence-corrected chi connectivity index (χ0v) is 8.97. The molecule has 1 aromatic carbocycles. The highest BCUT2D eigenvalue weighted by Crippen LogP contribution is 2.28. The maximum atomic E-state index is 9.34. The fourth-order valence-corrected chi connectivity index (χ4v) is 1.80. The van der Waals surface area contributed by atoms with Crippen molar-refractivity contribution in [3.05, 3.63) is 36.1 Å². The molecule has 1 atom stereocenters. The van der Waals surface area contributed by atoms with Crippen LogP contribution in [0.2, 0.25) is 0 Å². The lowest BCUT2D eigenvalue weighted by atomic mass is 10.1. The molecular formula is C12H15NO2. The summed E-state index contributed by atoms with van der Waals surface area (Å²) in [5, 5.41) is 10.4. The van der Waals surface area contributed by atoms with E-state index in [2.05, 4.69) is 0 Å². The molecule has 1 heterocycles. The summed E-state index contributed by atoms with van der Waals surface area (Å²) in [6.45, 7) is 0.0938. The fourth-order valence-electron chi connectivity index (χ4n) is 1.80. The number of furan rings is 1. The topological polar surface area (TPSA) is 36.6 Å². The molecule has 15 heavy (non-hydrogen) atoms. The molecule has 1 aromatic heterocycles. The summed E-state index contributed by atoms with van der Waals surface area (Å²) in [5.41, 5.74) is 1.91. The average molecular weight is 205 g/mol. The monoisotopic (exact) mass is 205 g/mol. The SMILES string of the molecule is CN(C)C(CO)c1coc2ccccc12. The molecule has 0 saturated carbocycles. The van der Waals surface area contributed by atoms with E-state index < -0.39 is 0 Å². The van der Waals surface area contributed by atoms with Crippen LogP contribution in [0.25, 0.3) is 11.0 Å². The first-order chi connectivity index (χ1) is 7.24. The number of aliphatic hydroxyl groups is 1. The zero-order chi connectivity index (χ0) is 10.8. The number of para-hydroxylation sites is 1. The van der Waals surface area contributed by atoms with Gasteiger partial charge < -0.3 is 14.4 Å². The molecule has 2 rings (SSSR count). The summed E-state index contributed by atoms with van der Waals surface area (Å²) in [4.78, 5) is 1.98. The van der Waals surface area contributed by atoms with Gasteiger partial charge in [-0.3, -0.25) is 0 Å². The van der Waals surface area contributed by atoms with Crippen molar-refractivity contribution in [1.82, 2.24) is 4.90 Å². The lowest BCUT2D eigenvalue weighted by molar-refractivity contribution is 0.171. The highest BCUT2D eigenvalue weighted by atomic mass is 16.3. The van der Waals surface area contributed by atoms with Gasteiger partial charge in [0.15, 0.2) is 0 Å². The van der Waals surface area contributed by atoms with Crippen molar-refractivity contribution in [1.29, 1.82) is 0 Å². The Morgan fingerprint density at radius 1 is 1.33 bits per heavy atom. The largest absolute Gasteiger partial charge is 0.464 e. The Morgan fingerprint density at radius 3 is 2.73 bits per heavy atom. The van der Waals surface area contributed by atoms with Crippen LogP contribution in [0.4, 0.5) is 0 Å². The first kappa shape index (κ1) is 10.2. The third-order valence-electron chi connectivity index (χ3n) is 2.67. The van der Waals surface area contributed by atoms with E-state index in [1.165, 1.54) is 0 Å². The van der Waals surface area contributed by atoms with Crippen LogP contribution in [0.3, 0.4) is 0 Å². The first-order valence-corrected chi connectivity index (χ1v) is 4.97. The zero-order valence-electron chi connectivity index (χ0n) is 8.97. The van der Waals surface area contributed by atoms with Gasteiger partial charge in [0.1, 0.15) is 5.58 Å². The second-order valence-corrected chi connectivity index (χ2v) is 3.85. The predicted molar refractivity (Wildman–Crippen MR) is 59.7 cm³/mol. The molecule has 80 valence electrons. The number of likely N-dealkylation sites (N-methyl/N-ethyl adjacent to an activating group) is 1. The Hall–Kier alpha value is -1.32. The van der Waals surface area contributed by atoms with Crippen molar-refractivity contribution < 1.29 is 9.52 Å². The van der Waals surface area contributed by atoms with Gasteiger partial charge in [0.25, 0.3) is 0 Å². The minimum absolute atomic E-state index is 0.00588. The molecule has 0 radical (unpaired) electrons. The summed E-state index contributed by atoms with van der Waals surface area (Å²) in [7, 11) is 3.89. The van der Waals surface area contributed by atoms with Crippen LogP contribution in [0.15, 0.2) is 34.9 Å². The van der Waals surface area contributed by atoms with Gasteiger partial charge in [-0.05, 0) is 20.2 Å². The molecule has 0 aliphatic heterocycles. The van der Waals surface area contributed by atoms with Gasteiger partial charge in [-0.2, -0.15) is 0 Å². The van der Waals surface area contributed by atoms with E-state index in [9.17, 15) is 5.11 Å². The van der Waals surface area contributed by atoms with E-state index in [4.69, 9.17) is 4.42 Å². The Bertz CT molecular complexity index is 448. The molecule has 0 spiro atoms. The van der Waals surface area contributed by atoms with Crippen molar-refractivity contribution in [2.24, 2.45) is 0 Å². The molecule has 1 unspecified atom stereocenters. The van der Waals surface area contributed by atoms with Crippen molar-refractivity contribution in [2.45, 2.75) is 6.04 Å². The second-order valence-electron chi connectivity index (χ2n) is 3.85. The lowest BCUT2D eigenvalue weighted by Gasteiger charge is -2.20. The fraction of sp³-hybridized carbons (Fsp3) is 0.333. The minimum atomic E-state index is -0.00588. The van der Waals surface area contributed by atoms with Crippen molar-refractivity contribution in [3.63, 3.8) is 0 Å². The van der Waals surface area contributed by atoms with Gasteiger partial charge in [0.2, 0.25) is 0 Å². The number of fused-ring (bicyclic) bond motifs is 1. The van der Waals surface area contributed by atoms with Crippen molar-refractivity contribution >= 4 is 11.0 Å². The van der Waals surface area contributed by atoms with Crippen LogP contribution in [0, 0.1) is 0 Å². The molecule has 1 N–H and O–H groups in total.